The van der Waals surface area contributed by atoms with Crippen molar-refractivity contribution >= 4 is 34.3 Å². The Morgan fingerprint density at radius 2 is 1.18 bits per heavy atom. The molecule has 4 nitrogen and oxygen atoms in total. The minimum Gasteiger partial charge on any atom is -0.426 e. The van der Waals surface area contributed by atoms with Crippen LogP contribution in [-0.4, -0.2) is 11.9 Å². The van der Waals surface area contributed by atoms with Gasteiger partial charge in [-0.2, -0.15) is 0 Å². The van der Waals surface area contributed by atoms with Crippen LogP contribution in [0.1, 0.15) is 104 Å². The smallest absolute Gasteiger partial charge is 0.311 e. The largest absolute Gasteiger partial charge is 0.426 e. The molecular formula is C28H39ClO4. The number of carbonyl (C=O) groups excluding carboxylic acids is 2. The Bertz CT molecular complexity index is 878. The Kier molecular flexibility index (Phi) is 12.9. The lowest BCUT2D eigenvalue weighted by atomic mass is 10.1. The fourth-order valence-corrected chi connectivity index (χ4v) is 4.15. The van der Waals surface area contributed by atoms with Gasteiger partial charge in [0.1, 0.15) is 5.75 Å². The molecule has 0 heterocycles. The highest BCUT2D eigenvalue weighted by molar-refractivity contribution is 6.33. The lowest BCUT2D eigenvalue weighted by molar-refractivity contribution is -0.135. The van der Waals surface area contributed by atoms with Crippen molar-refractivity contribution in [3.05, 3.63) is 35.4 Å². The Hall–Kier alpha value is -2.07. The zero-order chi connectivity index (χ0) is 23.9. The van der Waals surface area contributed by atoms with Crippen LogP contribution in [-0.2, 0) is 9.59 Å². The SMILES string of the molecule is CCCCCCCCC(=O)Oc1cc(Cl)c(OC(=O)CCCCCCCC)c2ccccc12. The van der Waals surface area contributed by atoms with Gasteiger partial charge in [0, 0.05) is 29.7 Å². The zero-order valence-corrected chi connectivity index (χ0v) is 21.1. The maximum Gasteiger partial charge on any atom is 0.311 e. The first-order chi connectivity index (χ1) is 16.1. The standard InChI is InChI=1S/C28H39ClO4/c1-3-5-7-9-11-13-19-26(30)32-25-21-24(29)28(23-18-16-15-17-22(23)25)33-27(31)20-14-12-10-8-6-4-2/h15-18,21H,3-14,19-20H2,1-2H3. The Balaban J connectivity index is 1.96. The number of ether oxygens (including phenoxy) is 2. The Labute approximate surface area is 204 Å². The molecule has 0 amide bonds. The fraction of sp³-hybridized carbons (Fsp3) is 0.571. The molecule has 0 aliphatic rings. The van der Waals surface area contributed by atoms with Crippen LogP contribution in [0, 0.1) is 0 Å². The van der Waals surface area contributed by atoms with Crippen LogP contribution < -0.4 is 9.47 Å². The van der Waals surface area contributed by atoms with Crippen molar-refractivity contribution in [1.29, 1.82) is 0 Å². The summed E-state index contributed by atoms with van der Waals surface area (Å²) in [6.07, 6.45) is 14.0. The van der Waals surface area contributed by atoms with Crippen molar-refractivity contribution in [1.82, 2.24) is 0 Å². The first kappa shape index (κ1) is 27.2. The van der Waals surface area contributed by atoms with Crippen LogP contribution in [0.3, 0.4) is 0 Å². The number of unbranched alkanes of at least 4 members (excludes halogenated alkanes) is 10. The van der Waals surface area contributed by atoms with Crippen LogP contribution in [0.4, 0.5) is 0 Å². The number of benzene rings is 2. The number of hydrogen-bond acceptors (Lipinski definition) is 4. The summed E-state index contributed by atoms with van der Waals surface area (Å²) in [7, 11) is 0. The predicted octanol–water partition coefficient (Wildman–Crippen LogP) is 8.81. The second-order valence-electron chi connectivity index (χ2n) is 8.71. The van der Waals surface area contributed by atoms with Gasteiger partial charge in [0.05, 0.1) is 5.02 Å². The van der Waals surface area contributed by atoms with Crippen molar-refractivity contribution in [3.63, 3.8) is 0 Å². The van der Waals surface area contributed by atoms with Crippen LogP contribution in [0.15, 0.2) is 30.3 Å². The summed E-state index contributed by atoms with van der Waals surface area (Å²) in [6.45, 7) is 4.38. The molecule has 0 aliphatic heterocycles. The predicted molar refractivity (Wildman–Crippen MR) is 136 cm³/mol. The molecule has 2 aromatic rings. The van der Waals surface area contributed by atoms with E-state index >= 15 is 0 Å². The minimum absolute atomic E-state index is 0.264. The van der Waals surface area contributed by atoms with Gasteiger partial charge in [-0.1, -0.05) is 114 Å². The lowest BCUT2D eigenvalue weighted by Gasteiger charge is -2.14. The number of carbonyl (C=O) groups is 2. The zero-order valence-electron chi connectivity index (χ0n) is 20.3. The van der Waals surface area contributed by atoms with Crippen molar-refractivity contribution in [3.8, 4) is 11.5 Å². The molecule has 2 aromatic carbocycles. The molecule has 0 N–H and O–H groups in total. The summed E-state index contributed by atoms with van der Waals surface area (Å²) in [5, 5.41) is 1.65. The van der Waals surface area contributed by atoms with Gasteiger partial charge in [-0.3, -0.25) is 9.59 Å². The maximum absolute atomic E-state index is 12.4. The maximum atomic E-state index is 12.4. The van der Waals surface area contributed by atoms with Gasteiger partial charge in [0.25, 0.3) is 0 Å². The minimum atomic E-state index is -0.287. The van der Waals surface area contributed by atoms with Crippen LogP contribution >= 0.6 is 11.6 Å². The van der Waals surface area contributed by atoms with Gasteiger partial charge in [-0.15, -0.1) is 0 Å². The van der Waals surface area contributed by atoms with E-state index in [4.69, 9.17) is 21.1 Å². The van der Waals surface area contributed by atoms with Crippen LogP contribution in [0.25, 0.3) is 10.8 Å². The number of hydrogen-bond donors (Lipinski definition) is 0. The molecule has 5 heteroatoms. The summed E-state index contributed by atoms with van der Waals surface area (Å²) in [5.74, 6) is 0.186. The Morgan fingerprint density at radius 1 is 0.697 bits per heavy atom. The van der Waals surface area contributed by atoms with E-state index in [0.717, 1.165) is 38.5 Å². The van der Waals surface area contributed by atoms with Gasteiger partial charge in [-0.05, 0) is 12.8 Å². The van der Waals surface area contributed by atoms with E-state index in [9.17, 15) is 9.59 Å². The number of halogens is 1. The molecule has 0 radical (unpaired) electrons. The van der Waals surface area contributed by atoms with Crippen molar-refractivity contribution in [2.24, 2.45) is 0 Å². The van der Waals surface area contributed by atoms with E-state index < -0.39 is 0 Å². The average Bonchev–Trinajstić information content (AvgIpc) is 2.81. The quantitative estimate of drug-likeness (QED) is 0.138. The molecule has 0 fully saturated rings. The third-order valence-corrected chi connectivity index (χ3v) is 6.10. The van der Waals surface area contributed by atoms with Gasteiger partial charge < -0.3 is 9.47 Å². The summed E-state index contributed by atoms with van der Waals surface area (Å²) in [5.41, 5.74) is 0. The first-order valence-corrected chi connectivity index (χ1v) is 13.1. The first-order valence-electron chi connectivity index (χ1n) is 12.7. The molecule has 0 unspecified atom stereocenters. The highest BCUT2D eigenvalue weighted by Crippen LogP contribution is 2.40. The van der Waals surface area contributed by atoms with E-state index in [2.05, 4.69) is 13.8 Å². The number of fused-ring (bicyclic) bond motifs is 1. The van der Waals surface area contributed by atoms with E-state index in [1.165, 1.54) is 38.5 Å². The molecule has 0 atom stereocenters. The van der Waals surface area contributed by atoms with Gasteiger partial charge >= 0.3 is 11.9 Å². The van der Waals surface area contributed by atoms with E-state index in [1.54, 1.807) is 6.07 Å². The molecule has 0 aromatic heterocycles. The topological polar surface area (TPSA) is 52.6 Å². The average molecular weight is 475 g/mol. The van der Waals surface area contributed by atoms with Gasteiger partial charge in [0.2, 0.25) is 0 Å². The van der Waals surface area contributed by atoms with Crippen molar-refractivity contribution in [2.45, 2.75) is 104 Å². The second-order valence-corrected chi connectivity index (χ2v) is 9.12. The molecule has 0 saturated carbocycles. The summed E-state index contributed by atoms with van der Waals surface area (Å²) < 4.78 is 11.3. The second kappa shape index (κ2) is 15.7. The Morgan fingerprint density at radius 3 is 1.76 bits per heavy atom. The van der Waals surface area contributed by atoms with Gasteiger partial charge in [0.15, 0.2) is 5.75 Å². The number of rotatable bonds is 16. The highest BCUT2D eigenvalue weighted by Gasteiger charge is 2.17. The fourth-order valence-electron chi connectivity index (χ4n) is 3.91. The molecule has 33 heavy (non-hydrogen) atoms. The molecule has 182 valence electrons. The van der Waals surface area contributed by atoms with Crippen LogP contribution in [0.5, 0.6) is 11.5 Å². The van der Waals surface area contributed by atoms with Crippen LogP contribution in [0.2, 0.25) is 5.02 Å². The molecule has 0 saturated heterocycles. The summed E-state index contributed by atoms with van der Waals surface area (Å²) in [6, 6.07) is 8.98. The third kappa shape index (κ3) is 9.75. The summed E-state index contributed by atoms with van der Waals surface area (Å²) in [4.78, 5) is 24.8. The molecule has 0 spiro atoms. The molecular weight excluding hydrogens is 436 g/mol. The lowest BCUT2D eigenvalue weighted by Crippen LogP contribution is -2.10. The normalized spacial score (nSPS) is 11.0. The molecule has 0 aliphatic carbocycles. The van der Waals surface area contributed by atoms with E-state index in [0.29, 0.717) is 35.1 Å². The van der Waals surface area contributed by atoms with E-state index in [1.807, 2.05) is 24.3 Å². The molecule has 0 bridgehead atoms. The highest BCUT2D eigenvalue weighted by atomic mass is 35.5. The summed E-state index contributed by atoms with van der Waals surface area (Å²) >= 11 is 6.46. The van der Waals surface area contributed by atoms with Crippen molar-refractivity contribution < 1.29 is 19.1 Å². The van der Waals surface area contributed by atoms with Crippen molar-refractivity contribution in [2.75, 3.05) is 0 Å². The van der Waals surface area contributed by atoms with E-state index in [-0.39, 0.29) is 17.0 Å². The number of esters is 2. The monoisotopic (exact) mass is 474 g/mol. The molecule has 2 rings (SSSR count). The third-order valence-electron chi connectivity index (χ3n) is 5.82. The van der Waals surface area contributed by atoms with Gasteiger partial charge in [-0.25, -0.2) is 0 Å².